The average Bonchev–Trinajstić information content (AvgIpc) is 2.81. The highest BCUT2D eigenvalue weighted by Gasteiger charge is 2.32. The maximum Gasteiger partial charge on any atom is 0.266 e. The van der Waals surface area contributed by atoms with Crippen molar-refractivity contribution in [3.05, 3.63) is 101 Å². The van der Waals surface area contributed by atoms with Crippen LogP contribution in [-0.2, 0) is 16.6 Å². The molecule has 0 radical (unpaired) electrons. The number of pyridine rings is 1. The van der Waals surface area contributed by atoms with Gasteiger partial charge in [-0.2, -0.15) is 0 Å². The Morgan fingerprint density at radius 3 is 2.56 bits per heavy atom. The Kier molecular flexibility index (Phi) is 6.30. The van der Waals surface area contributed by atoms with Gasteiger partial charge in [-0.15, -0.1) is 0 Å². The first-order chi connectivity index (χ1) is 16.2. The highest BCUT2D eigenvalue weighted by molar-refractivity contribution is 7.90. The molecule has 1 aromatic heterocycles. The van der Waals surface area contributed by atoms with Gasteiger partial charge in [-0.3, -0.25) is 4.98 Å². The van der Waals surface area contributed by atoms with E-state index in [0.717, 1.165) is 17.2 Å². The van der Waals surface area contributed by atoms with Crippen molar-refractivity contribution in [3.8, 4) is 0 Å². The second kappa shape index (κ2) is 9.18. The Morgan fingerprint density at radius 1 is 1.12 bits per heavy atom. The van der Waals surface area contributed by atoms with E-state index in [1.165, 1.54) is 18.2 Å². The van der Waals surface area contributed by atoms with Gasteiger partial charge in [-0.05, 0) is 41.0 Å². The van der Waals surface area contributed by atoms with Crippen molar-refractivity contribution >= 4 is 33.8 Å². The number of hydrogen-bond donors (Lipinski definition) is 2. The lowest BCUT2D eigenvalue weighted by atomic mass is 9.91. The summed E-state index contributed by atoms with van der Waals surface area (Å²) >= 11 is 0. The third-order valence-corrected chi connectivity index (χ3v) is 6.97. The molecular weight excluding hydrogens is 458 g/mol. The molecule has 1 atom stereocenters. The first-order valence-electron chi connectivity index (χ1n) is 10.4. The number of fused-ring (bicyclic) bond motifs is 1. The molecule has 0 aliphatic carbocycles. The maximum absolute atomic E-state index is 15.0. The molecule has 0 saturated heterocycles. The molecule has 34 heavy (non-hydrogen) atoms. The molecule has 178 valence electrons. The molecule has 6 nitrogen and oxygen atoms in total. The number of nitrogens with one attached hydrogen (secondary N) is 2. The van der Waals surface area contributed by atoms with E-state index < -0.39 is 27.6 Å². The predicted molar refractivity (Wildman–Crippen MR) is 134 cm³/mol. The lowest BCUT2D eigenvalue weighted by Gasteiger charge is -2.26. The number of aromatic nitrogens is 1. The van der Waals surface area contributed by atoms with Crippen LogP contribution in [0, 0.1) is 11.6 Å². The Hall–Kier alpha value is -3.85. The Morgan fingerprint density at radius 2 is 1.85 bits per heavy atom. The fourth-order valence-electron chi connectivity index (χ4n) is 3.85. The number of rotatable bonds is 6. The van der Waals surface area contributed by atoms with Gasteiger partial charge in [0.2, 0.25) is 5.96 Å². The first kappa shape index (κ1) is 23.3. The molecular formula is C25H26F2N4O2S. The van der Waals surface area contributed by atoms with Crippen LogP contribution in [0.3, 0.4) is 0 Å². The molecule has 0 bridgehead atoms. The van der Waals surface area contributed by atoms with E-state index in [1.807, 2.05) is 0 Å². The molecule has 2 N–H and O–H groups in total. The van der Waals surface area contributed by atoms with E-state index in [2.05, 4.69) is 33.2 Å². The van der Waals surface area contributed by atoms with Crippen molar-refractivity contribution < 1.29 is 20.1 Å². The second-order valence-corrected chi connectivity index (χ2v) is 9.34. The summed E-state index contributed by atoms with van der Waals surface area (Å²) in [6.07, 6.45) is 4.93. The van der Waals surface area contributed by atoms with Crippen LogP contribution in [0.15, 0.2) is 71.7 Å². The van der Waals surface area contributed by atoms with Gasteiger partial charge >= 0.3 is 0 Å². The van der Waals surface area contributed by atoms with Crippen molar-refractivity contribution in [1.82, 2.24) is 9.71 Å². The lowest BCUT2D eigenvalue weighted by molar-refractivity contribution is 0.577. The van der Waals surface area contributed by atoms with E-state index in [0.29, 0.717) is 5.69 Å². The number of benzene rings is 2. The fourth-order valence-corrected chi connectivity index (χ4v) is 5.01. The Balaban J connectivity index is 0.00000228. The number of halogens is 2. The monoisotopic (exact) mass is 484 g/mol. The van der Waals surface area contributed by atoms with Crippen LogP contribution in [0.5, 0.6) is 0 Å². The van der Waals surface area contributed by atoms with Gasteiger partial charge in [0, 0.05) is 20.5 Å². The third-order valence-electron chi connectivity index (χ3n) is 5.59. The molecule has 2 heterocycles. The quantitative estimate of drug-likeness (QED) is 0.481. The maximum atomic E-state index is 15.0. The number of nitrogens with zero attached hydrogens (tertiary/aromatic N) is 2. The molecule has 1 aliphatic heterocycles. The Bertz CT molecular complexity index is 1450. The van der Waals surface area contributed by atoms with Gasteiger partial charge < -0.3 is 5.32 Å². The van der Waals surface area contributed by atoms with Crippen LogP contribution in [0.4, 0.5) is 14.5 Å². The SMILES string of the molecule is C=Cc1cnc(CN=C2Nc3c(ccc(F)c3[C@H](C)c3ccccc3F)S(=O)(=O)N2)cc1C=C.[HH].[HH]. The Labute approximate surface area is 199 Å². The van der Waals surface area contributed by atoms with Gasteiger partial charge in [0.25, 0.3) is 10.0 Å². The summed E-state index contributed by atoms with van der Waals surface area (Å²) in [4.78, 5) is 8.45. The van der Waals surface area contributed by atoms with Gasteiger partial charge in [0.05, 0.1) is 17.9 Å². The van der Waals surface area contributed by atoms with Crippen LogP contribution >= 0.6 is 0 Å². The largest absolute Gasteiger partial charge is 0.324 e. The van der Waals surface area contributed by atoms with Gasteiger partial charge in [-0.1, -0.05) is 50.4 Å². The van der Waals surface area contributed by atoms with Gasteiger partial charge in [-0.25, -0.2) is 26.9 Å². The summed E-state index contributed by atoms with van der Waals surface area (Å²) in [5.41, 5.74) is 2.48. The number of aliphatic imine (C=N–C) groups is 1. The molecule has 0 amide bonds. The van der Waals surface area contributed by atoms with Crippen LogP contribution in [0.2, 0.25) is 0 Å². The summed E-state index contributed by atoms with van der Waals surface area (Å²) < 4.78 is 57.6. The fraction of sp³-hybridized carbons (Fsp3) is 0.120. The highest BCUT2D eigenvalue weighted by atomic mass is 32.2. The summed E-state index contributed by atoms with van der Waals surface area (Å²) in [6.45, 7) is 9.15. The van der Waals surface area contributed by atoms with Gasteiger partial charge in [0.15, 0.2) is 0 Å². The van der Waals surface area contributed by atoms with Crippen molar-refractivity contribution in [3.63, 3.8) is 0 Å². The van der Waals surface area contributed by atoms with Crippen molar-refractivity contribution in [2.75, 3.05) is 5.32 Å². The van der Waals surface area contributed by atoms with E-state index in [1.54, 1.807) is 43.5 Å². The molecule has 1 aliphatic rings. The molecule has 2 aromatic carbocycles. The summed E-state index contributed by atoms with van der Waals surface area (Å²) in [5, 5.41) is 2.89. The zero-order valence-electron chi connectivity index (χ0n) is 18.3. The minimum atomic E-state index is -4.04. The van der Waals surface area contributed by atoms with Crippen molar-refractivity contribution in [2.24, 2.45) is 4.99 Å². The van der Waals surface area contributed by atoms with Crippen molar-refractivity contribution in [1.29, 1.82) is 0 Å². The number of sulfonamides is 1. The second-order valence-electron chi connectivity index (χ2n) is 7.69. The van der Waals surface area contributed by atoms with Crippen LogP contribution < -0.4 is 10.0 Å². The molecule has 9 heteroatoms. The van der Waals surface area contributed by atoms with E-state index in [-0.39, 0.29) is 37.1 Å². The van der Waals surface area contributed by atoms with Gasteiger partial charge in [0.1, 0.15) is 16.5 Å². The molecule has 0 saturated carbocycles. The summed E-state index contributed by atoms with van der Waals surface area (Å²) in [6, 6.07) is 10.00. The molecule has 0 unspecified atom stereocenters. The molecule has 0 fully saturated rings. The zero-order chi connectivity index (χ0) is 24.5. The molecule has 4 rings (SSSR count). The van der Waals surface area contributed by atoms with Crippen molar-refractivity contribution in [2.45, 2.75) is 24.3 Å². The minimum Gasteiger partial charge on any atom is -0.324 e. The third kappa shape index (κ3) is 4.34. The standard InChI is InChI=1S/C25H22F2N4O2S.2H2/c1-4-16-12-18(28-13-17(16)5-2)14-29-25-30-24-22(34(32,33)31-25)11-10-21(27)23(24)15(3)19-8-6-7-9-20(19)26;;/h4-13,15H,1-2,14H2,3H3,(H2,29,30,31);2*1H/t15-;;/m1../s1. The lowest BCUT2D eigenvalue weighted by Crippen LogP contribution is -2.41. The summed E-state index contributed by atoms with van der Waals surface area (Å²) in [7, 11) is -4.04. The highest BCUT2D eigenvalue weighted by Crippen LogP contribution is 2.38. The number of guanidine groups is 1. The average molecular weight is 485 g/mol. The van der Waals surface area contributed by atoms with Crippen LogP contribution in [-0.4, -0.2) is 19.4 Å². The minimum absolute atomic E-state index is 0. The predicted octanol–water partition coefficient (Wildman–Crippen LogP) is 5.55. The van der Waals surface area contributed by atoms with Crippen LogP contribution in [0.25, 0.3) is 12.2 Å². The topological polar surface area (TPSA) is 83.5 Å². The molecule has 3 aromatic rings. The first-order valence-corrected chi connectivity index (χ1v) is 11.9. The number of anilines is 1. The summed E-state index contributed by atoms with van der Waals surface area (Å²) in [5.74, 6) is -2.02. The smallest absolute Gasteiger partial charge is 0.266 e. The van der Waals surface area contributed by atoms with E-state index in [4.69, 9.17) is 0 Å². The number of hydrogen-bond acceptors (Lipinski definition) is 4. The van der Waals surface area contributed by atoms with E-state index >= 15 is 0 Å². The normalized spacial score (nSPS) is 16.1. The van der Waals surface area contributed by atoms with Crippen LogP contribution in [0.1, 0.15) is 43.6 Å². The zero-order valence-corrected chi connectivity index (χ0v) is 19.2. The molecule has 0 spiro atoms. The van der Waals surface area contributed by atoms with E-state index in [9.17, 15) is 17.2 Å².